The Morgan fingerprint density at radius 3 is 2.67 bits per heavy atom. The van der Waals surface area contributed by atoms with Crippen LogP contribution in [0.25, 0.3) is 0 Å². The van der Waals surface area contributed by atoms with Crippen molar-refractivity contribution < 1.29 is 4.79 Å². The highest BCUT2D eigenvalue weighted by Gasteiger charge is 2.45. The molecule has 1 aromatic rings. The summed E-state index contributed by atoms with van der Waals surface area (Å²) in [4.78, 5) is 12.4. The monoisotopic (exact) mass is 243 g/mol. The highest BCUT2D eigenvalue weighted by atomic mass is 16.2. The molecule has 0 aliphatic heterocycles. The van der Waals surface area contributed by atoms with Crippen molar-refractivity contribution in [3.8, 4) is 0 Å². The number of hydrogen-bond acceptors (Lipinski definition) is 1. The predicted molar refractivity (Wildman–Crippen MR) is 74.5 cm³/mol. The smallest absolute Gasteiger partial charge is 0.230 e. The maximum absolute atomic E-state index is 12.4. The van der Waals surface area contributed by atoms with Gasteiger partial charge in [-0.15, -0.1) is 0 Å². The van der Waals surface area contributed by atoms with Crippen LogP contribution in [-0.4, -0.2) is 12.5 Å². The molecule has 0 bridgehead atoms. The third kappa shape index (κ3) is 2.33. The molecule has 2 heteroatoms. The maximum Gasteiger partial charge on any atom is 0.230 e. The van der Waals surface area contributed by atoms with Gasteiger partial charge in [0.1, 0.15) is 0 Å². The summed E-state index contributed by atoms with van der Waals surface area (Å²) in [6, 6.07) is 8.32. The topological polar surface area (TPSA) is 29.1 Å². The molecular formula is C16H21NO. The van der Waals surface area contributed by atoms with Gasteiger partial charge in [-0.1, -0.05) is 48.4 Å². The minimum atomic E-state index is -0.290. The molecule has 0 saturated heterocycles. The average Bonchev–Trinajstić information content (AvgIpc) is 2.25. The van der Waals surface area contributed by atoms with E-state index in [2.05, 4.69) is 37.0 Å². The lowest BCUT2D eigenvalue weighted by molar-refractivity contribution is -0.129. The summed E-state index contributed by atoms with van der Waals surface area (Å²) in [5, 5.41) is 3.00. The molecule has 0 spiro atoms. The van der Waals surface area contributed by atoms with Crippen molar-refractivity contribution in [2.45, 2.75) is 38.5 Å². The highest BCUT2D eigenvalue weighted by Crippen LogP contribution is 2.44. The zero-order valence-corrected chi connectivity index (χ0v) is 11.3. The van der Waals surface area contributed by atoms with E-state index in [0.717, 1.165) is 30.4 Å². The Labute approximate surface area is 109 Å². The molecule has 0 heterocycles. The maximum atomic E-state index is 12.4. The molecule has 0 unspecified atom stereocenters. The molecule has 1 amide bonds. The lowest BCUT2D eigenvalue weighted by atomic mass is 9.63. The van der Waals surface area contributed by atoms with Crippen LogP contribution >= 0.6 is 0 Å². The van der Waals surface area contributed by atoms with Crippen molar-refractivity contribution in [2.75, 3.05) is 6.54 Å². The second-order valence-electron chi connectivity index (χ2n) is 5.44. The average molecular weight is 243 g/mol. The van der Waals surface area contributed by atoms with E-state index in [4.69, 9.17) is 0 Å². The fraction of sp³-hybridized carbons (Fsp3) is 0.438. The van der Waals surface area contributed by atoms with Gasteiger partial charge in [0.25, 0.3) is 0 Å². The first-order chi connectivity index (χ1) is 8.54. The predicted octanol–water partition coefficient (Wildman–Crippen LogP) is 3.11. The largest absolute Gasteiger partial charge is 0.352 e. The van der Waals surface area contributed by atoms with E-state index in [9.17, 15) is 4.79 Å². The van der Waals surface area contributed by atoms with Crippen LogP contribution in [-0.2, 0) is 10.2 Å². The standard InChI is InChI=1S/C16H21NO/c1-12(2)11-17-15(18)16(8-5-9-16)14-7-4-6-13(3)10-14/h4,6-7,10H,1,5,8-9,11H2,2-3H3,(H,17,18). The van der Waals surface area contributed by atoms with E-state index >= 15 is 0 Å². The van der Waals surface area contributed by atoms with E-state index in [-0.39, 0.29) is 11.3 Å². The Morgan fingerprint density at radius 1 is 1.44 bits per heavy atom. The molecule has 1 aromatic carbocycles. The first-order valence-electron chi connectivity index (χ1n) is 6.54. The van der Waals surface area contributed by atoms with Gasteiger partial charge >= 0.3 is 0 Å². The van der Waals surface area contributed by atoms with Gasteiger partial charge in [-0.05, 0) is 32.3 Å². The SMILES string of the molecule is C=C(C)CNC(=O)C1(c2cccc(C)c2)CCC1. The molecule has 1 saturated carbocycles. The number of carbonyl (C=O) groups is 1. The van der Waals surface area contributed by atoms with E-state index in [1.807, 2.05) is 13.0 Å². The Morgan fingerprint density at radius 2 is 2.17 bits per heavy atom. The second-order valence-corrected chi connectivity index (χ2v) is 5.44. The third-order valence-electron chi connectivity index (χ3n) is 3.76. The molecule has 1 aliphatic rings. The number of benzene rings is 1. The fourth-order valence-corrected chi connectivity index (χ4v) is 2.52. The second kappa shape index (κ2) is 4.97. The Kier molecular flexibility index (Phi) is 3.55. The number of nitrogens with one attached hydrogen (secondary N) is 1. The van der Waals surface area contributed by atoms with Crippen molar-refractivity contribution in [3.05, 3.63) is 47.5 Å². The van der Waals surface area contributed by atoms with Crippen LogP contribution < -0.4 is 5.32 Å². The highest BCUT2D eigenvalue weighted by molar-refractivity contribution is 5.89. The normalized spacial score (nSPS) is 16.8. The van der Waals surface area contributed by atoms with Crippen molar-refractivity contribution in [3.63, 3.8) is 0 Å². The van der Waals surface area contributed by atoms with Crippen LogP contribution in [0.1, 0.15) is 37.3 Å². The molecule has 2 nitrogen and oxygen atoms in total. The number of rotatable bonds is 4. The molecule has 1 aliphatic carbocycles. The first kappa shape index (κ1) is 12.9. The van der Waals surface area contributed by atoms with Crippen LogP contribution in [0.15, 0.2) is 36.4 Å². The van der Waals surface area contributed by atoms with Gasteiger partial charge in [-0.2, -0.15) is 0 Å². The molecule has 0 aromatic heterocycles. The quantitative estimate of drug-likeness (QED) is 0.809. The van der Waals surface area contributed by atoms with Gasteiger partial charge in [0.15, 0.2) is 0 Å². The summed E-state index contributed by atoms with van der Waals surface area (Å²) in [5.74, 6) is 0.155. The minimum absolute atomic E-state index is 0.155. The third-order valence-corrected chi connectivity index (χ3v) is 3.76. The van der Waals surface area contributed by atoms with E-state index < -0.39 is 0 Å². The van der Waals surface area contributed by atoms with Gasteiger partial charge < -0.3 is 5.32 Å². The Balaban J connectivity index is 2.20. The van der Waals surface area contributed by atoms with Crippen LogP contribution in [0.5, 0.6) is 0 Å². The van der Waals surface area contributed by atoms with Crippen molar-refractivity contribution in [1.82, 2.24) is 5.32 Å². The van der Waals surface area contributed by atoms with Gasteiger partial charge in [0.2, 0.25) is 5.91 Å². The number of aryl methyl sites for hydroxylation is 1. The molecule has 0 atom stereocenters. The van der Waals surface area contributed by atoms with E-state index in [1.165, 1.54) is 5.56 Å². The van der Waals surface area contributed by atoms with Crippen LogP contribution in [0.3, 0.4) is 0 Å². The molecule has 1 fully saturated rings. The number of carbonyl (C=O) groups excluding carboxylic acids is 1. The summed E-state index contributed by atoms with van der Waals surface area (Å²) in [6.07, 6.45) is 3.05. The van der Waals surface area contributed by atoms with Gasteiger partial charge in [-0.3, -0.25) is 4.79 Å². The first-order valence-corrected chi connectivity index (χ1v) is 6.54. The minimum Gasteiger partial charge on any atom is -0.352 e. The zero-order chi connectivity index (χ0) is 13.2. The van der Waals surface area contributed by atoms with Gasteiger partial charge in [0, 0.05) is 6.54 Å². The summed E-state index contributed by atoms with van der Waals surface area (Å²) in [5.41, 5.74) is 3.07. The lowest BCUT2D eigenvalue weighted by Gasteiger charge is -2.41. The van der Waals surface area contributed by atoms with Crippen LogP contribution in [0.2, 0.25) is 0 Å². The van der Waals surface area contributed by atoms with Gasteiger partial charge in [-0.25, -0.2) is 0 Å². The Hall–Kier alpha value is -1.57. The fourth-order valence-electron chi connectivity index (χ4n) is 2.52. The zero-order valence-electron chi connectivity index (χ0n) is 11.3. The van der Waals surface area contributed by atoms with Crippen LogP contribution in [0, 0.1) is 6.92 Å². The number of amides is 1. The summed E-state index contributed by atoms with van der Waals surface area (Å²) >= 11 is 0. The van der Waals surface area contributed by atoms with Crippen molar-refractivity contribution >= 4 is 5.91 Å². The lowest BCUT2D eigenvalue weighted by Crippen LogP contribution is -2.49. The molecule has 96 valence electrons. The molecule has 2 rings (SSSR count). The van der Waals surface area contributed by atoms with Crippen molar-refractivity contribution in [2.24, 2.45) is 0 Å². The molecule has 1 N–H and O–H groups in total. The van der Waals surface area contributed by atoms with E-state index in [1.54, 1.807) is 0 Å². The van der Waals surface area contributed by atoms with Crippen LogP contribution in [0.4, 0.5) is 0 Å². The summed E-state index contributed by atoms with van der Waals surface area (Å²) in [7, 11) is 0. The van der Waals surface area contributed by atoms with Crippen molar-refractivity contribution in [1.29, 1.82) is 0 Å². The Bertz CT molecular complexity index is 472. The van der Waals surface area contributed by atoms with E-state index in [0.29, 0.717) is 6.54 Å². The summed E-state index contributed by atoms with van der Waals surface area (Å²) < 4.78 is 0. The van der Waals surface area contributed by atoms with Gasteiger partial charge in [0.05, 0.1) is 5.41 Å². The molecular weight excluding hydrogens is 222 g/mol. The molecule has 0 radical (unpaired) electrons. The summed E-state index contributed by atoms with van der Waals surface area (Å²) in [6.45, 7) is 8.40. The molecule has 18 heavy (non-hydrogen) atoms. The number of hydrogen-bond donors (Lipinski definition) is 1.